The molecule has 0 bridgehead atoms. The number of rotatable bonds is 6. The van der Waals surface area contributed by atoms with E-state index in [9.17, 15) is 4.79 Å². The van der Waals surface area contributed by atoms with E-state index in [1.165, 1.54) is 0 Å². The van der Waals surface area contributed by atoms with Crippen LogP contribution in [-0.4, -0.2) is 22.7 Å². The van der Waals surface area contributed by atoms with Gasteiger partial charge in [0.2, 0.25) is 0 Å². The maximum atomic E-state index is 10.5. The molecule has 2 aromatic rings. The lowest BCUT2D eigenvalue weighted by Crippen LogP contribution is -2.04. The van der Waals surface area contributed by atoms with E-state index in [1.54, 1.807) is 30.5 Å². The highest BCUT2D eigenvalue weighted by Gasteiger charge is 1.95. The van der Waals surface area contributed by atoms with E-state index >= 15 is 0 Å². The van der Waals surface area contributed by atoms with Gasteiger partial charge in [-0.05, 0) is 30.3 Å². The Morgan fingerprint density at radius 3 is 2.76 bits per heavy atom. The number of aromatic nitrogens is 2. The molecule has 1 aromatic heterocycles. The van der Waals surface area contributed by atoms with Crippen LogP contribution in [-0.2, 0) is 6.54 Å². The number of carbonyl (C=O) groups excluding carboxylic acids is 1. The standard InChI is InChI=1S/C13H14N2O2/c16-11-12-3-5-13(6-4-12)17-10-2-9-15-8-1-7-14-15/h1,3-8,11H,2,9-10H2. The van der Waals surface area contributed by atoms with E-state index < -0.39 is 0 Å². The molecule has 0 aliphatic rings. The molecular weight excluding hydrogens is 216 g/mol. The van der Waals surface area contributed by atoms with Gasteiger partial charge in [0.1, 0.15) is 12.0 Å². The average molecular weight is 230 g/mol. The average Bonchev–Trinajstić information content (AvgIpc) is 2.88. The molecular formula is C13H14N2O2. The van der Waals surface area contributed by atoms with Gasteiger partial charge < -0.3 is 4.74 Å². The van der Waals surface area contributed by atoms with Crippen molar-refractivity contribution in [1.29, 1.82) is 0 Å². The first kappa shape index (κ1) is 11.4. The van der Waals surface area contributed by atoms with Gasteiger partial charge in [-0.15, -0.1) is 0 Å². The van der Waals surface area contributed by atoms with E-state index in [0.717, 1.165) is 25.0 Å². The van der Waals surface area contributed by atoms with E-state index in [0.29, 0.717) is 12.2 Å². The van der Waals surface area contributed by atoms with Crippen molar-refractivity contribution in [2.24, 2.45) is 0 Å². The predicted molar refractivity (Wildman–Crippen MR) is 64.2 cm³/mol. The first-order chi connectivity index (χ1) is 8.38. The van der Waals surface area contributed by atoms with Crippen LogP contribution in [0.3, 0.4) is 0 Å². The van der Waals surface area contributed by atoms with Crippen LogP contribution in [0.25, 0.3) is 0 Å². The predicted octanol–water partition coefficient (Wildman–Crippen LogP) is 2.16. The number of aldehydes is 1. The van der Waals surface area contributed by atoms with Crippen molar-refractivity contribution in [3.63, 3.8) is 0 Å². The van der Waals surface area contributed by atoms with Gasteiger partial charge in [0, 0.05) is 30.9 Å². The van der Waals surface area contributed by atoms with Gasteiger partial charge in [0.15, 0.2) is 0 Å². The fourth-order valence-electron chi connectivity index (χ4n) is 1.49. The van der Waals surface area contributed by atoms with Crippen molar-refractivity contribution >= 4 is 6.29 Å². The summed E-state index contributed by atoms with van der Waals surface area (Å²) in [5, 5.41) is 4.11. The third-order valence-corrected chi connectivity index (χ3v) is 2.38. The molecule has 2 rings (SSSR count). The molecule has 0 saturated heterocycles. The number of ether oxygens (including phenoxy) is 1. The number of hydrogen-bond donors (Lipinski definition) is 0. The minimum absolute atomic E-state index is 0.639. The highest BCUT2D eigenvalue weighted by molar-refractivity contribution is 5.74. The molecule has 0 amide bonds. The van der Waals surface area contributed by atoms with Gasteiger partial charge in [0.05, 0.1) is 6.61 Å². The smallest absolute Gasteiger partial charge is 0.150 e. The monoisotopic (exact) mass is 230 g/mol. The third kappa shape index (κ3) is 3.45. The molecule has 0 saturated carbocycles. The molecule has 0 N–H and O–H groups in total. The number of aryl methyl sites for hydroxylation is 1. The van der Waals surface area contributed by atoms with Crippen LogP contribution in [0.2, 0.25) is 0 Å². The lowest BCUT2D eigenvalue weighted by atomic mass is 10.2. The maximum absolute atomic E-state index is 10.5. The van der Waals surface area contributed by atoms with Crippen LogP contribution in [0.1, 0.15) is 16.8 Å². The number of carbonyl (C=O) groups is 1. The Morgan fingerprint density at radius 2 is 2.12 bits per heavy atom. The fourth-order valence-corrected chi connectivity index (χ4v) is 1.49. The molecule has 1 aromatic carbocycles. The van der Waals surface area contributed by atoms with Crippen molar-refractivity contribution in [2.45, 2.75) is 13.0 Å². The molecule has 4 nitrogen and oxygen atoms in total. The van der Waals surface area contributed by atoms with Gasteiger partial charge in [-0.3, -0.25) is 9.48 Å². The minimum Gasteiger partial charge on any atom is -0.494 e. The number of hydrogen-bond acceptors (Lipinski definition) is 3. The van der Waals surface area contributed by atoms with E-state index in [4.69, 9.17) is 4.74 Å². The Hall–Kier alpha value is -2.10. The van der Waals surface area contributed by atoms with Gasteiger partial charge in [-0.25, -0.2) is 0 Å². The van der Waals surface area contributed by atoms with Gasteiger partial charge in [0.25, 0.3) is 0 Å². The Morgan fingerprint density at radius 1 is 1.29 bits per heavy atom. The van der Waals surface area contributed by atoms with Crippen LogP contribution in [0.15, 0.2) is 42.7 Å². The van der Waals surface area contributed by atoms with Crippen molar-refractivity contribution in [3.05, 3.63) is 48.3 Å². The summed E-state index contributed by atoms with van der Waals surface area (Å²) in [6.07, 6.45) is 5.41. The number of benzene rings is 1. The molecule has 0 spiro atoms. The quantitative estimate of drug-likeness (QED) is 0.564. The van der Waals surface area contributed by atoms with Crippen LogP contribution >= 0.6 is 0 Å². The number of nitrogens with zero attached hydrogens (tertiary/aromatic N) is 2. The SMILES string of the molecule is O=Cc1ccc(OCCCn2cccn2)cc1. The molecule has 0 aliphatic carbocycles. The highest BCUT2D eigenvalue weighted by atomic mass is 16.5. The Kier molecular flexibility index (Phi) is 3.91. The van der Waals surface area contributed by atoms with Crippen molar-refractivity contribution in [1.82, 2.24) is 9.78 Å². The fraction of sp³-hybridized carbons (Fsp3) is 0.231. The summed E-state index contributed by atoms with van der Waals surface area (Å²) in [4.78, 5) is 10.5. The summed E-state index contributed by atoms with van der Waals surface area (Å²) in [6, 6.07) is 9.00. The molecule has 0 unspecified atom stereocenters. The van der Waals surface area contributed by atoms with E-state index in [-0.39, 0.29) is 0 Å². The van der Waals surface area contributed by atoms with Crippen molar-refractivity contribution < 1.29 is 9.53 Å². The summed E-state index contributed by atoms with van der Waals surface area (Å²) in [7, 11) is 0. The van der Waals surface area contributed by atoms with Gasteiger partial charge in [-0.2, -0.15) is 5.10 Å². The zero-order chi connectivity index (χ0) is 11.9. The van der Waals surface area contributed by atoms with E-state index in [2.05, 4.69) is 5.10 Å². The first-order valence-corrected chi connectivity index (χ1v) is 5.54. The Balaban J connectivity index is 1.72. The van der Waals surface area contributed by atoms with Crippen LogP contribution in [0.4, 0.5) is 0 Å². The Labute approximate surface area is 99.8 Å². The van der Waals surface area contributed by atoms with Crippen LogP contribution in [0, 0.1) is 0 Å². The third-order valence-electron chi connectivity index (χ3n) is 2.38. The molecule has 0 radical (unpaired) electrons. The molecule has 88 valence electrons. The van der Waals surface area contributed by atoms with E-state index in [1.807, 2.05) is 16.9 Å². The minimum atomic E-state index is 0.639. The first-order valence-electron chi connectivity index (χ1n) is 5.54. The molecule has 0 aliphatic heterocycles. The maximum Gasteiger partial charge on any atom is 0.150 e. The summed E-state index contributed by atoms with van der Waals surface area (Å²) >= 11 is 0. The lowest BCUT2D eigenvalue weighted by Gasteiger charge is -2.06. The summed E-state index contributed by atoms with van der Waals surface area (Å²) in [6.45, 7) is 1.49. The van der Waals surface area contributed by atoms with Gasteiger partial charge in [-0.1, -0.05) is 0 Å². The summed E-state index contributed by atoms with van der Waals surface area (Å²) in [5.74, 6) is 0.788. The van der Waals surface area contributed by atoms with Crippen LogP contribution < -0.4 is 4.74 Å². The molecule has 0 fully saturated rings. The molecule has 4 heteroatoms. The zero-order valence-electron chi connectivity index (χ0n) is 9.45. The largest absolute Gasteiger partial charge is 0.494 e. The molecule has 17 heavy (non-hydrogen) atoms. The normalized spacial score (nSPS) is 10.1. The Bertz CT molecular complexity index is 449. The summed E-state index contributed by atoms with van der Waals surface area (Å²) in [5.41, 5.74) is 0.661. The molecule has 1 heterocycles. The topological polar surface area (TPSA) is 44.1 Å². The van der Waals surface area contributed by atoms with Crippen molar-refractivity contribution in [3.8, 4) is 5.75 Å². The second-order valence-electron chi connectivity index (χ2n) is 3.66. The second kappa shape index (κ2) is 5.84. The zero-order valence-corrected chi connectivity index (χ0v) is 9.45. The molecule has 0 atom stereocenters. The lowest BCUT2D eigenvalue weighted by molar-refractivity contribution is 0.112. The summed E-state index contributed by atoms with van der Waals surface area (Å²) < 4.78 is 7.42. The van der Waals surface area contributed by atoms with Gasteiger partial charge >= 0.3 is 0 Å². The van der Waals surface area contributed by atoms with Crippen LogP contribution in [0.5, 0.6) is 5.75 Å². The second-order valence-corrected chi connectivity index (χ2v) is 3.66. The highest BCUT2D eigenvalue weighted by Crippen LogP contribution is 2.11. The van der Waals surface area contributed by atoms with Crippen molar-refractivity contribution in [2.75, 3.05) is 6.61 Å².